The lowest BCUT2D eigenvalue weighted by Gasteiger charge is -2.37. The molecular formula is C32H33NO7S. The number of carbonyl (C=O) groups is 2. The largest absolute Gasteiger partial charge is 0.497 e. The Kier molecular flexibility index (Phi) is 8.35. The van der Waals surface area contributed by atoms with Crippen LogP contribution in [0.4, 0.5) is 0 Å². The Morgan fingerprint density at radius 2 is 1.63 bits per heavy atom. The molecule has 0 saturated carbocycles. The van der Waals surface area contributed by atoms with E-state index in [0.29, 0.717) is 58.2 Å². The van der Waals surface area contributed by atoms with E-state index in [-0.39, 0.29) is 18.3 Å². The number of ether oxygens (including phenoxy) is 5. The third-order valence-corrected chi connectivity index (χ3v) is 8.60. The number of thiophene rings is 1. The van der Waals surface area contributed by atoms with Crippen molar-refractivity contribution in [3.8, 4) is 23.0 Å². The number of rotatable bonds is 9. The van der Waals surface area contributed by atoms with E-state index in [2.05, 4.69) is 11.4 Å². The maximum Gasteiger partial charge on any atom is 0.337 e. The zero-order valence-electron chi connectivity index (χ0n) is 23.7. The molecular weight excluding hydrogens is 542 g/mol. The molecule has 0 fully saturated rings. The Bertz CT molecular complexity index is 1510. The number of Topliss-reactive ketones (excluding diaryl/α,β-unsaturated/α-hetero) is 1. The molecule has 9 heteroatoms. The molecule has 1 aliphatic carbocycles. The van der Waals surface area contributed by atoms with Crippen LogP contribution < -0.4 is 24.3 Å². The van der Waals surface area contributed by atoms with Gasteiger partial charge in [-0.05, 0) is 48.6 Å². The highest BCUT2D eigenvalue weighted by atomic mass is 32.1. The Balaban J connectivity index is 1.58. The molecule has 2 aromatic carbocycles. The van der Waals surface area contributed by atoms with Gasteiger partial charge in [-0.25, -0.2) is 4.79 Å². The molecule has 5 rings (SSSR count). The van der Waals surface area contributed by atoms with Crippen LogP contribution in [-0.4, -0.2) is 40.2 Å². The summed E-state index contributed by atoms with van der Waals surface area (Å²) in [6.45, 7) is 1.91. The second kappa shape index (κ2) is 12.1. The molecule has 8 nitrogen and oxygen atoms in total. The minimum atomic E-state index is -0.721. The van der Waals surface area contributed by atoms with Crippen LogP contribution >= 0.6 is 11.3 Å². The number of carbonyl (C=O) groups excluding carboxylic acids is 2. The zero-order chi connectivity index (χ0) is 29.1. The van der Waals surface area contributed by atoms with E-state index in [9.17, 15) is 9.59 Å². The summed E-state index contributed by atoms with van der Waals surface area (Å²) in [5, 5.41) is 5.43. The van der Waals surface area contributed by atoms with Crippen LogP contribution in [0.1, 0.15) is 47.6 Å². The molecule has 41 heavy (non-hydrogen) atoms. The number of allylic oxidation sites excluding steroid dienone is 3. The van der Waals surface area contributed by atoms with Crippen molar-refractivity contribution in [3.05, 3.63) is 92.5 Å². The number of hydrogen-bond donors (Lipinski definition) is 1. The molecule has 2 atom stereocenters. The first-order chi connectivity index (χ1) is 19.9. The van der Waals surface area contributed by atoms with Crippen molar-refractivity contribution in [2.45, 2.75) is 38.2 Å². The maximum absolute atomic E-state index is 13.9. The average molecular weight is 576 g/mol. The Labute approximate surface area is 243 Å². The highest BCUT2D eigenvalue weighted by Crippen LogP contribution is 2.50. The zero-order valence-corrected chi connectivity index (χ0v) is 24.6. The predicted molar refractivity (Wildman–Crippen MR) is 156 cm³/mol. The molecule has 3 aromatic rings. The van der Waals surface area contributed by atoms with E-state index in [0.717, 1.165) is 11.3 Å². The fourth-order valence-corrected chi connectivity index (χ4v) is 6.40. The number of dihydropyridines is 1. The summed E-state index contributed by atoms with van der Waals surface area (Å²) in [4.78, 5) is 28.9. The van der Waals surface area contributed by atoms with E-state index in [1.807, 2.05) is 42.6 Å². The van der Waals surface area contributed by atoms with Crippen LogP contribution in [0.25, 0.3) is 0 Å². The second-order valence-electron chi connectivity index (χ2n) is 9.91. The first-order valence-electron chi connectivity index (χ1n) is 13.3. The van der Waals surface area contributed by atoms with Gasteiger partial charge < -0.3 is 29.0 Å². The standard InChI is InChI=1S/C32H33NO7S/c1-18-29(32(35)40-17-19-8-10-21(36-2)11-9-19)30(22-15-26(38-4)27(39-5)16-25(22)37-3)31-23(33-18)13-20(14-24(31)34)28-7-6-12-41-28/h6-12,15-16,20,30,33H,13-14,17H2,1-5H3/t20-,30+/m1/s1. The average Bonchev–Trinajstić information content (AvgIpc) is 3.54. The van der Waals surface area contributed by atoms with Gasteiger partial charge in [-0.2, -0.15) is 0 Å². The molecule has 0 bridgehead atoms. The molecule has 0 radical (unpaired) electrons. The van der Waals surface area contributed by atoms with Gasteiger partial charge in [0.25, 0.3) is 0 Å². The summed E-state index contributed by atoms with van der Waals surface area (Å²) in [5.41, 5.74) is 3.78. The maximum atomic E-state index is 13.9. The summed E-state index contributed by atoms with van der Waals surface area (Å²) in [7, 11) is 6.24. The number of benzene rings is 2. The van der Waals surface area contributed by atoms with Crippen molar-refractivity contribution in [2.24, 2.45) is 0 Å². The van der Waals surface area contributed by atoms with Crippen LogP contribution in [0.3, 0.4) is 0 Å². The van der Waals surface area contributed by atoms with E-state index in [4.69, 9.17) is 23.7 Å². The van der Waals surface area contributed by atoms with Gasteiger partial charge in [0.2, 0.25) is 0 Å². The van der Waals surface area contributed by atoms with Crippen LogP contribution in [-0.2, 0) is 20.9 Å². The molecule has 0 amide bonds. The predicted octanol–water partition coefficient (Wildman–Crippen LogP) is 5.89. The van der Waals surface area contributed by atoms with E-state index in [1.54, 1.807) is 51.9 Å². The van der Waals surface area contributed by atoms with Gasteiger partial charge in [0.15, 0.2) is 17.3 Å². The number of ketones is 1. The van der Waals surface area contributed by atoms with Gasteiger partial charge in [0, 0.05) is 45.8 Å². The summed E-state index contributed by atoms with van der Waals surface area (Å²) in [6.07, 6.45) is 1.000. The lowest BCUT2D eigenvalue weighted by Crippen LogP contribution is -2.36. The summed E-state index contributed by atoms with van der Waals surface area (Å²) >= 11 is 1.65. The Morgan fingerprint density at radius 3 is 2.27 bits per heavy atom. The fourth-order valence-electron chi connectivity index (χ4n) is 5.57. The summed E-state index contributed by atoms with van der Waals surface area (Å²) in [5.74, 6) is 0.939. The quantitative estimate of drug-likeness (QED) is 0.316. The number of hydrogen-bond acceptors (Lipinski definition) is 9. The Morgan fingerprint density at radius 1 is 0.927 bits per heavy atom. The van der Waals surface area contributed by atoms with Gasteiger partial charge in [-0.15, -0.1) is 11.3 Å². The van der Waals surface area contributed by atoms with Crippen LogP contribution in [0.2, 0.25) is 0 Å². The minimum absolute atomic E-state index is 0.0213. The molecule has 0 spiro atoms. The summed E-state index contributed by atoms with van der Waals surface area (Å²) < 4.78 is 27.9. The van der Waals surface area contributed by atoms with Crippen LogP contribution in [0, 0.1) is 0 Å². The number of esters is 1. The highest BCUT2D eigenvalue weighted by molar-refractivity contribution is 7.10. The first-order valence-corrected chi connectivity index (χ1v) is 14.1. The lowest BCUT2D eigenvalue weighted by molar-refractivity contribution is -0.140. The fraction of sp³-hybridized carbons (Fsp3) is 0.312. The van der Waals surface area contributed by atoms with E-state index >= 15 is 0 Å². The van der Waals surface area contributed by atoms with Crippen molar-refractivity contribution in [2.75, 3.05) is 28.4 Å². The molecule has 1 aromatic heterocycles. The molecule has 0 unspecified atom stereocenters. The van der Waals surface area contributed by atoms with E-state index < -0.39 is 11.9 Å². The van der Waals surface area contributed by atoms with Gasteiger partial charge >= 0.3 is 5.97 Å². The smallest absolute Gasteiger partial charge is 0.337 e. The number of nitrogens with one attached hydrogen (secondary N) is 1. The molecule has 2 aliphatic rings. The van der Waals surface area contributed by atoms with Gasteiger partial charge in [-0.1, -0.05) is 18.2 Å². The molecule has 0 saturated heterocycles. The molecule has 1 aliphatic heterocycles. The van der Waals surface area contributed by atoms with Gasteiger partial charge in [-0.3, -0.25) is 4.79 Å². The SMILES string of the molecule is COc1ccc(COC(=O)C2=C(C)NC3=C(C(=O)C[C@H](c4cccs4)C3)[C@H]2c2cc(OC)c(OC)cc2OC)cc1. The first kappa shape index (κ1) is 28.3. The number of methoxy groups -OCH3 is 4. The van der Waals surface area contributed by atoms with Crippen LogP contribution in [0.5, 0.6) is 23.0 Å². The molecule has 214 valence electrons. The molecule has 2 heterocycles. The van der Waals surface area contributed by atoms with Crippen molar-refractivity contribution in [1.82, 2.24) is 5.32 Å². The lowest BCUT2D eigenvalue weighted by atomic mass is 9.72. The van der Waals surface area contributed by atoms with Crippen molar-refractivity contribution in [1.29, 1.82) is 0 Å². The van der Waals surface area contributed by atoms with Crippen molar-refractivity contribution in [3.63, 3.8) is 0 Å². The van der Waals surface area contributed by atoms with Crippen LogP contribution in [0.15, 0.2) is 76.5 Å². The van der Waals surface area contributed by atoms with Crippen molar-refractivity contribution < 1.29 is 33.3 Å². The highest BCUT2D eigenvalue weighted by Gasteiger charge is 2.43. The van der Waals surface area contributed by atoms with Gasteiger partial charge in [0.05, 0.1) is 39.9 Å². The molecule has 1 N–H and O–H groups in total. The van der Waals surface area contributed by atoms with Gasteiger partial charge in [0.1, 0.15) is 18.1 Å². The normalized spacial score (nSPS) is 18.4. The topological polar surface area (TPSA) is 92.3 Å². The minimum Gasteiger partial charge on any atom is -0.497 e. The second-order valence-corrected chi connectivity index (χ2v) is 10.9. The Hall–Kier alpha value is -4.24. The van der Waals surface area contributed by atoms with Crippen molar-refractivity contribution >= 4 is 23.1 Å². The van der Waals surface area contributed by atoms with E-state index in [1.165, 1.54) is 4.88 Å². The third-order valence-electron chi connectivity index (χ3n) is 7.57. The summed E-state index contributed by atoms with van der Waals surface area (Å²) in [6, 6.07) is 14.9. The third kappa shape index (κ3) is 5.54. The monoisotopic (exact) mass is 575 g/mol.